The molecule has 15 heavy (non-hydrogen) atoms. The average molecular weight is 207 g/mol. The van der Waals surface area contributed by atoms with Gasteiger partial charge < -0.3 is 5.32 Å². The predicted molar refractivity (Wildman–Crippen MR) is 63.5 cm³/mol. The highest BCUT2D eigenvalue weighted by Crippen LogP contribution is 2.11. The highest BCUT2D eigenvalue weighted by atomic mass is 16.1. The third-order valence-corrected chi connectivity index (χ3v) is 2.95. The Balaban J connectivity index is 2.33. The van der Waals surface area contributed by atoms with Crippen molar-refractivity contribution in [2.45, 2.75) is 33.6 Å². The fourth-order valence-corrected chi connectivity index (χ4v) is 1.45. The first kappa shape index (κ1) is 12.0. The molecule has 1 N–H and O–H groups in total. The van der Waals surface area contributed by atoms with Crippen molar-refractivity contribution < 1.29 is 4.79 Å². The first-order valence-electron chi connectivity index (χ1n) is 5.74. The molecular formula is C13H21NO. The molecule has 0 saturated heterocycles. The van der Waals surface area contributed by atoms with E-state index in [9.17, 15) is 4.79 Å². The number of carbonyl (C=O) groups is 1. The Morgan fingerprint density at radius 2 is 2.13 bits per heavy atom. The van der Waals surface area contributed by atoms with Crippen molar-refractivity contribution in [3.05, 3.63) is 23.8 Å². The van der Waals surface area contributed by atoms with Crippen molar-refractivity contribution in [1.82, 2.24) is 5.32 Å². The maximum absolute atomic E-state index is 11.7. The number of hydrogen-bond donors (Lipinski definition) is 1. The van der Waals surface area contributed by atoms with Crippen LogP contribution in [0.5, 0.6) is 0 Å². The molecule has 1 aliphatic rings. The van der Waals surface area contributed by atoms with Gasteiger partial charge >= 0.3 is 0 Å². The van der Waals surface area contributed by atoms with Gasteiger partial charge in [0.05, 0.1) is 0 Å². The topological polar surface area (TPSA) is 29.1 Å². The van der Waals surface area contributed by atoms with E-state index >= 15 is 0 Å². The molecule has 0 aromatic rings. The maximum atomic E-state index is 11.7. The molecule has 0 aliphatic heterocycles. The summed E-state index contributed by atoms with van der Waals surface area (Å²) in [6, 6.07) is 0. The van der Waals surface area contributed by atoms with E-state index in [0.29, 0.717) is 12.5 Å². The summed E-state index contributed by atoms with van der Waals surface area (Å²) in [5.41, 5.74) is 1.23. The molecule has 2 heteroatoms. The van der Waals surface area contributed by atoms with Crippen LogP contribution in [0.2, 0.25) is 0 Å². The van der Waals surface area contributed by atoms with Crippen LogP contribution in [0.15, 0.2) is 23.8 Å². The fraction of sp³-hybridized carbons (Fsp3) is 0.615. The van der Waals surface area contributed by atoms with E-state index in [1.165, 1.54) is 5.57 Å². The van der Waals surface area contributed by atoms with Crippen LogP contribution in [-0.4, -0.2) is 12.5 Å². The summed E-state index contributed by atoms with van der Waals surface area (Å²) in [6.45, 7) is 6.80. The van der Waals surface area contributed by atoms with Gasteiger partial charge in [0.25, 0.3) is 0 Å². The second-order valence-electron chi connectivity index (χ2n) is 4.51. The average Bonchev–Trinajstić information content (AvgIpc) is 2.26. The lowest BCUT2D eigenvalue weighted by Crippen LogP contribution is -2.33. The van der Waals surface area contributed by atoms with Gasteiger partial charge in [-0.25, -0.2) is 0 Å². The second-order valence-corrected chi connectivity index (χ2v) is 4.51. The van der Waals surface area contributed by atoms with Crippen LogP contribution in [0, 0.1) is 11.8 Å². The molecule has 0 unspecified atom stereocenters. The van der Waals surface area contributed by atoms with Crippen molar-refractivity contribution in [2.75, 3.05) is 6.54 Å². The Labute approximate surface area is 92.4 Å². The van der Waals surface area contributed by atoms with Gasteiger partial charge in [-0.05, 0) is 24.3 Å². The Morgan fingerprint density at radius 1 is 1.40 bits per heavy atom. The van der Waals surface area contributed by atoms with E-state index in [2.05, 4.69) is 37.4 Å². The van der Waals surface area contributed by atoms with E-state index in [4.69, 9.17) is 0 Å². The van der Waals surface area contributed by atoms with E-state index in [-0.39, 0.29) is 11.8 Å². The highest BCUT2D eigenvalue weighted by Gasteiger charge is 2.15. The number of rotatable bonds is 4. The lowest BCUT2D eigenvalue weighted by Gasteiger charge is -2.16. The molecule has 2 nitrogen and oxygen atoms in total. The molecule has 0 aromatic heterocycles. The van der Waals surface area contributed by atoms with Crippen molar-refractivity contribution >= 4 is 5.91 Å². The van der Waals surface area contributed by atoms with Crippen LogP contribution in [-0.2, 0) is 4.79 Å². The van der Waals surface area contributed by atoms with E-state index in [1.807, 2.05) is 6.92 Å². The first-order valence-corrected chi connectivity index (χ1v) is 5.74. The SMILES string of the molecule is CC(C)[C@H](C)C(=O)NCC1=CCCC=C1. The number of carbonyl (C=O) groups excluding carboxylic acids is 1. The van der Waals surface area contributed by atoms with Gasteiger partial charge in [-0.1, -0.05) is 39.0 Å². The lowest BCUT2D eigenvalue weighted by atomic mass is 9.97. The summed E-state index contributed by atoms with van der Waals surface area (Å²) in [6.07, 6.45) is 8.68. The Hall–Kier alpha value is -1.05. The fourth-order valence-electron chi connectivity index (χ4n) is 1.45. The summed E-state index contributed by atoms with van der Waals surface area (Å²) in [7, 11) is 0. The standard InChI is InChI=1S/C13H21NO/c1-10(2)11(3)13(15)14-9-12-7-5-4-6-8-12/h5,7-8,10-11H,4,6,9H2,1-3H3,(H,14,15)/t11-/m0/s1. The zero-order chi connectivity index (χ0) is 11.3. The highest BCUT2D eigenvalue weighted by molar-refractivity contribution is 5.78. The minimum absolute atomic E-state index is 0.0955. The van der Waals surface area contributed by atoms with Crippen LogP contribution in [0.3, 0.4) is 0 Å². The Bertz CT molecular complexity index is 276. The predicted octanol–water partition coefficient (Wildman–Crippen LogP) is 2.67. The zero-order valence-corrected chi connectivity index (χ0v) is 9.92. The largest absolute Gasteiger partial charge is 0.352 e. The van der Waals surface area contributed by atoms with Gasteiger partial charge in [-0.15, -0.1) is 0 Å². The molecule has 1 amide bonds. The normalized spacial score (nSPS) is 17.5. The molecule has 1 rings (SSSR count). The number of hydrogen-bond acceptors (Lipinski definition) is 1. The molecule has 0 aromatic carbocycles. The van der Waals surface area contributed by atoms with Crippen molar-refractivity contribution in [3.63, 3.8) is 0 Å². The quantitative estimate of drug-likeness (QED) is 0.754. The number of nitrogens with one attached hydrogen (secondary N) is 1. The molecule has 1 aliphatic carbocycles. The minimum Gasteiger partial charge on any atom is -0.352 e. The van der Waals surface area contributed by atoms with E-state index in [1.54, 1.807) is 0 Å². The van der Waals surface area contributed by atoms with Crippen molar-refractivity contribution in [2.24, 2.45) is 11.8 Å². The molecule has 0 saturated carbocycles. The second kappa shape index (κ2) is 5.74. The molecule has 1 atom stereocenters. The van der Waals surface area contributed by atoms with Crippen LogP contribution in [0.25, 0.3) is 0 Å². The van der Waals surface area contributed by atoms with Crippen LogP contribution in [0.4, 0.5) is 0 Å². The smallest absolute Gasteiger partial charge is 0.223 e. The van der Waals surface area contributed by atoms with Gasteiger partial charge in [0.15, 0.2) is 0 Å². The zero-order valence-electron chi connectivity index (χ0n) is 9.92. The third-order valence-electron chi connectivity index (χ3n) is 2.95. The summed E-state index contributed by atoms with van der Waals surface area (Å²) in [4.78, 5) is 11.7. The molecule has 84 valence electrons. The first-order chi connectivity index (χ1) is 7.11. The molecule has 0 fully saturated rings. The van der Waals surface area contributed by atoms with Crippen molar-refractivity contribution in [1.29, 1.82) is 0 Å². The summed E-state index contributed by atoms with van der Waals surface area (Å²) >= 11 is 0. The molecular weight excluding hydrogens is 186 g/mol. The van der Waals surface area contributed by atoms with Crippen LogP contribution in [0.1, 0.15) is 33.6 Å². The summed E-state index contributed by atoms with van der Waals surface area (Å²) < 4.78 is 0. The van der Waals surface area contributed by atoms with Gasteiger partial charge in [0.1, 0.15) is 0 Å². The van der Waals surface area contributed by atoms with Crippen LogP contribution < -0.4 is 5.32 Å². The van der Waals surface area contributed by atoms with E-state index in [0.717, 1.165) is 12.8 Å². The van der Waals surface area contributed by atoms with E-state index < -0.39 is 0 Å². The third kappa shape index (κ3) is 3.90. The minimum atomic E-state index is 0.0955. The number of amides is 1. The molecule has 0 radical (unpaired) electrons. The monoisotopic (exact) mass is 207 g/mol. The Morgan fingerprint density at radius 3 is 2.67 bits per heavy atom. The van der Waals surface area contributed by atoms with Crippen LogP contribution >= 0.6 is 0 Å². The van der Waals surface area contributed by atoms with Gasteiger partial charge in [-0.3, -0.25) is 4.79 Å². The summed E-state index contributed by atoms with van der Waals surface area (Å²) in [5.74, 6) is 0.656. The molecule has 0 bridgehead atoms. The summed E-state index contributed by atoms with van der Waals surface area (Å²) in [5, 5.41) is 2.98. The van der Waals surface area contributed by atoms with Gasteiger partial charge in [-0.2, -0.15) is 0 Å². The lowest BCUT2D eigenvalue weighted by molar-refractivity contribution is -0.125. The Kier molecular flexibility index (Phi) is 4.60. The number of allylic oxidation sites excluding steroid dienone is 2. The van der Waals surface area contributed by atoms with Gasteiger partial charge in [0, 0.05) is 12.5 Å². The van der Waals surface area contributed by atoms with Gasteiger partial charge in [0.2, 0.25) is 5.91 Å². The maximum Gasteiger partial charge on any atom is 0.223 e. The van der Waals surface area contributed by atoms with Crippen molar-refractivity contribution in [3.8, 4) is 0 Å². The molecule has 0 heterocycles. The molecule has 0 spiro atoms.